The van der Waals surface area contributed by atoms with Crippen molar-refractivity contribution < 1.29 is 4.42 Å². The minimum Gasteiger partial charge on any atom is -0.464 e. The summed E-state index contributed by atoms with van der Waals surface area (Å²) >= 11 is 0. The van der Waals surface area contributed by atoms with Gasteiger partial charge in [-0.25, -0.2) is 4.98 Å². The average Bonchev–Trinajstić information content (AvgIpc) is 3.74. The van der Waals surface area contributed by atoms with Crippen LogP contribution in [0.1, 0.15) is 0 Å². The lowest BCUT2D eigenvalue weighted by molar-refractivity contribution is 0.583. The first-order chi connectivity index (χ1) is 19.8. The maximum Gasteiger partial charge on any atom is 0.140 e. The van der Waals surface area contributed by atoms with Gasteiger partial charge in [-0.3, -0.25) is 4.98 Å². The number of rotatable bonds is 4. The molecule has 4 aromatic heterocycles. The minimum absolute atomic E-state index is 0.829. The van der Waals surface area contributed by atoms with Crippen molar-refractivity contribution in [2.75, 3.05) is 0 Å². The zero-order chi connectivity index (χ0) is 26.6. The van der Waals surface area contributed by atoms with E-state index in [0.717, 1.165) is 67.1 Å². The summed E-state index contributed by atoms with van der Waals surface area (Å²) in [6, 6.07) is 39.9. The third-order valence-electron chi connectivity index (χ3n) is 7.67. The SMILES string of the molecule is Cn1c(-c2cc(-c3ccco3)c3c4ccccc4n(-c4cccc(-c5ccccn5)c4)c3c2)nc2ccccc21. The summed E-state index contributed by atoms with van der Waals surface area (Å²) in [6.07, 6.45) is 3.57. The van der Waals surface area contributed by atoms with Crippen LogP contribution in [-0.2, 0) is 7.05 Å². The van der Waals surface area contributed by atoms with Gasteiger partial charge in [-0.2, -0.15) is 0 Å². The van der Waals surface area contributed by atoms with E-state index in [9.17, 15) is 0 Å². The molecule has 8 rings (SSSR count). The topological polar surface area (TPSA) is 48.8 Å². The first kappa shape index (κ1) is 22.6. The van der Waals surface area contributed by atoms with Crippen molar-refractivity contribution in [2.45, 2.75) is 0 Å². The van der Waals surface area contributed by atoms with E-state index in [4.69, 9.17) is 9.40 Å². The normalized spacial score (nSPS) is 11.6. The molecule has 0 bridgehead atoms. The van der Waals surface area contributed by atoms with E-state index in [0.29, 0.717) is 0 Å². The van der Waals surface area contributed by atoms with Gasteiger partial charge in [0.2, 0.25) is 0 Å². The lowest BCUT2D eigenvalue weighted by Gasteiger charge is -2.12. The molecule has 0 aliphatic rings. The highest BCUT2D eigenvalue weighted by Gasteiger charge is 2.21. The van der Waals surface area contributed by atoms with Crippen molar-refractivity contribution in [2.24, 2.45) is 7.05 Å². The molecular formula is C35H24N4O. The molecule has 0 amide bonds. The van der Waals surface area contributed by atoms with Gasteiger partial charge in [0.1, 0.15) is 11.6 Å². The van der Waals surface area contributed by atoms with Crippen LogP contribution in [0.25, 0.3) is 72.5 Å². The van der Waals surface area contributed by atoms with Gasteiger partial charge in [0.15, 0.2) is 0 Å². The quantitative estimate of drug-likeness (QED) is 0.235. The highest BCUT2D eigenvalue weighted by atomic mass is 16.3. The van der Waals surface area contributed by atoms with Crippen molar-refractivity contribution >= 4 is 32.8 Å². The Hall–Kier alpha value is -5.42. The lowest BCUT2D eigenvalue weighted by atomic mass is 10.0. The Labute approximate surface area is 230 Å². The third kappa shape index (κ3) is 3.41. The molecule has 0 N–H and O–H groups in total. The molecule has 0 saturated carbocycles. The van der Waals surface area contributed by atoms with Crippen LogP contribution in [0.3, 0.4) is 0 Å². The Morgan fingerprint density at radius 1 is 0.675 bits per heavy atom. The molecule has 0 saturated heterocycles. The number of fused-ring (bicyclic) bond motifs is 4. The second-order valence-electron chi connectivity index (χ2n) is 10.00. The number of hydrogen-bond donors (Lipinski definition) is 0. The predicted molar refractivity (Wildman–Crippen MR) is 161 cm³/mol. The first-order valence-electron chi connectivity index (χ1n) is 13.3. The molecule has 4 aromatic carbocycles. The Balaban J connectivity index is 1.48. The van der Waals surface area contributed by atoms with Crippen LogP contribution in [-0.4, -0.2) is 19.1 Å². The highest BCUT2D eigenvalue weighted by molar-refractivity contribution is 6.16. The molecule has 5 nitrogen and oxygen atoms in total. The number of benzene rings is 4. The van der Waals surface area contributed by atoms with Crippen LogP contribution < -0.4 is 0 Å². The van der Waals surface area contributed by atoms with Gasteiger partial charge in [0, 0.05) is 46.4 Å². The van der Waals surface area contributed by atoms with Crippen molar-refractivity contribution in [1.82, 2.24) is 19.1 Å². The van der Waals surface area contributed by atoms with Crippen LogP contribution in [0.5, 0.6) is 0 Å². The number of nitrogens with zero attached hydrogens (tertiary/aromatic N) is 4. The molecule has 0 fully saturated rings. The number of imidazole rings is 1. The fourth-order valence-corrected chi connectivity index (χ4v) is 5.87. The van der Waals surface area contributed by atoms with Crippen LogP contribution in [0, 0.1) is 0 Å². The van der Waals surface area contributed by atoms with E-state index >= 15 is 0 Å². The lowest BCUT2D eigenvalue weighted by Crippen LogP contribution is -1.97. The summed E-state index contributed by atoms with van der Waals surface area (Å²) in [5.41, 5.74) is 9.46. The van der Waals surface area contributed by atoms with Crippen molar-refractivity contribution in [3.8, 4) is 39.7 Å². The fraction of sp³-hybridized carbons (Fsp3) is 0.0286. The number of para-hydroxylation sites is 3. The Kier molecular flexibility index (Phi) is 4.97. The third-order valence-corrected chi connectivity index (χ3v) is 7.67. The first-order valence-corrected chi connectivity index (χ1v) is 13.3. The zero-order valence-corrected chi connectivity index (χ0v) is 21.8. The summed E-state index contributed by atoms with van der Waals surface area (Å²) in [6.45, 7) is 0. The Morgan fingerprint density at radius 2 is 1.52 bits per heavy atom. The second-order valence-corrected chi connectivity index (χ2v) is 10.00. The molecule has 4 heterocycles. The van der Waals surface area contributed by atoms with Gasteiger partial charge in [-0.15, -0.1) is 0 Å². The molecule has 5 heteroatoms. The van der Waals surface area contributed by atoms with Crippen molar-refractivity contribution in [3.63, 3.8) is 0 Å². The highest BCUT2D eigenvalue weighted by Crippen LogP contribution is 2.42. The summed E-state index contributed by atoms with van der Waals surface area (Å²) < 4.78 is 10.5. The maximum atomic E-state index is 6.00. The molecule has 190 valence electrons. The van der Waals surface area contributed by atoms with E-state index in [-0.39, 0.29) is 0 Å². The predicted octanol–water partition coefficient (Wildman–Crippen LogP) is 8.66. The average molecular weight is 517 g/mol. The molecule has 0 aliphatic carbocycles. The number of hydrogen-bond acceptors (Lipinski definition) is 3. The minimum atomic E-state index is 0.829. The maximum absolute atomic E-state index is 6.00. The zero-order valence-electron chi connectivity index (χ0n) is 21.8. The Bertz CT molecular complexity index is 2170. The summed E-state index contributed by atoms with van der Waals surface area (Å²) in [5, 5.41) is 2.32. The fourth-order valence-electron chi connectivity index (χ4n) is 5.87. The number of pyridine rings is 1. The number of furan rings is 1. The van der Waals surface area contributed by atoms with Crippen molar-refractivity contribution in [3.05, 3.63) is 128 Å². The molecule has 0 radical (unpaired) electrons. The van der Waals surface area contributed by atoms with E-state index in [1.165, 1.54) is 5.39 Å². The van der Waals surface area contributed by atoms with Gasteiger partial charge in [0.25, 0.3) is 0 Å². The van der Waals surface area contributed by atoms with Gasteiger partial charge in [-0.05, 0) is 66.7 Å². The van der Waals surface area contributed by atoms with Crippen LogP contribution in [0.2, 0.25) is 0 Å². The van der Waals surface area contributed by atoms with Crippen LogP contribution in [0.15, 0.2) is 132 Å². The second kappa shape index (κ2) is 8.82. The molecule has 0 atom stereocenters. The van der Waals surface area contributed by atoms with Gasteiger partial charge < -0.3 is 13.6 Å². The summed E-state index contributed by atoms with van der Waals surface area (Å²) in [4.78, 5) is 9.63. The molecule has 0 unspecified atom stereocenters. The number of aromatic nitrogens is 4. The summed E-state index contributed by atoms with van der Waals surface area (Å²) in [7, 11) is 2.08. The van der Waals surface area contributed by atoms with E-state index < -0.39 is 0 Å². The monoisotopic (exact) mass is 516 g/mol. The smallest absolute Gasteiger partial charge is 0.140 e. The van der Waals surface area contributed by atoms with Crippen LogP contribution >= 0.6 is 0 Å². The van der Waals surface area contributed by atoms with Gasteiger partial charge in [-0.1, -0.05) is 48.5 Å². The standard InChI is InChI=1S/C35H24N4O/c1-38-31-16-5-3-14-29(31)37-35(38)24-21-27(33-17-9-19-40-33)34-26-12-2-4-15-30(26)39(32(34)22-24)25-11-8-10-23(20-25)28-13-6-7-18-36-28/h2-22H,1H3. The number of aryl methyl sites for hydroxylation is 1. The molecular weight excluding hydrogens is 492 g/mol. The van der Waals surface area contributed by atoms with Gasteiger partial charge >= 0.3 is 0 Å². The Morgan fingerprint density at radius 3 is 2.35 bits per heavy atom. The molecule has 8 aromatic rings. The largest absolute Gasteiger partial charge is 0.464 e. The van der Waals surface area contributed by atoms with E-state index in [1.54, 1.807) is 6.26 Å². The van der Waals surface area contributed by atoms with E-state index in [1.807, 2.05) is 42.6 Å². The van der Waals surface area contributed by atoms with E-state index in [2.05, 4.69) is 100 Å². The van der Waals surface area contributed by atoms with Crippen LogP contribution in [0.4, 0.5) is 0 Å². The van der Waals surface area contributed by atoms with Crippen molar-refractivity contribution in [1.29, 1.82) is 0 Å². The molecule has 0 aliphatic heterocycles. The van der Waals surface area contributed by atoms with Gasteiger partial charge in [0.05, 0.1) is 34.0 Å². The molecule has 40 heavy (non-hydrogen) atoms. The molecule has 0 spiro atoms. The summed E-state index contributed by atoms with van der Waals surface area (Å²) in [5.74, 6) is 1.74.